The van der Waals surface area contributed by atoms with Crippen LogP contribution in [0.25, 0.3) is 11.1 Å². The van der Waals surface area contributed by atoms with Gasteiger partial charge in [-0.3, -0.25) is 0 Å². The van der Waals surface area contributed by atoms with Crippen molar-refractivity contribution in [2.75, 3.05) is 23.7 Å². The van der Waals surface area contributed by atoms with Gasteiger partial charge in [0.05, 0.1) is 11.0 Å². The second-order valence-electron chi connectivity index (χ2n) is 7.95. The number of hydrogen-bond acceptors (Lipinski definition) is 7. The second kappa shape index (κ2) is 9.72. The molecule has 0 spiro atoms. The number of halogens is 1. The zero-order chi connectivity index (χ0) is 23.4. The topological polar surface area (TPSA) is 105 Å². The molecule has 0 unspecified atom stereocenters. The second-order valence-corrected chi connectivity index (χ2v) is 9.72. The van der Waals surface area contributed by atoms with E-state index in [-0.39, 0.29) is 16.7 Å². The summed E-state index contributed by atoms with van der Waals surface area (Å²) in [6, 6.07) is 11.2. The van der Waals surface area contributed by atoms with E-state index in [1.165, 1.54) is 18.2 Å². The minimum Gasteiger partial charge on any atom is -0.488 e. The monoisotopic (exact) mass is 471 g/mol. The minimum absolute atomic E-state index is 0.133. The maximum atomic E-state index is 14.6. The number of nitrogens with zero attached hydrogens (tertiary/aromatic N) is 2. The predicted molar refractivity (Wildman–Crippen MR) is 126 cm³/mol. The van der Waals surface area contributed by atoms with Gasteiger partial charge in [-0.2, -0.15) is 4.98 Å². The largest absolute Gasteiger partial charge is 0.488 e. The summed E-state index contributed by atoms with van der Waals surface area (Å²) in [5, 5.41) is 6.32. The number of hydrogen-bond donors (Lipinski definition) is 3. The van der Waals surface area contributed by atoms with Crippen LogP contribution in [0.1, 0.15) is 26.7 Å². The Morgan fingerprint density at radius 2 is 1.91 bits per heavy atom. The Labute approximate surface area is 192 Å². The molecule has 1 aromatic heterocycles. The molecule has 3 N–H and O–H groups in total. The lowest BCUT2D eigenvalue weighted by atomic mass is 10.1. The minimum atomic E-state index is -3.60. The average Bonchev–Trinajstić information content (AvgIpc) is 2.77. The van der Waals surface area contributed by atoms with E-state index in [1.54, 1.807) is 30.5 Å². The lowest BCUT2D eigenvalue weighted by molar-refractivity contribution is 0.231. The molecule has 0 radical (unpaired) electrons. The van der Waals surface area contributed by atoms with Crippen LogP contribution in [0.15, 0.2) is 53.6 Å². The first-order valence-corrected chi connectivity index (χ1v) is 12.2. The Bertz CT molecular complexity index is 1250. The fourth-order valence-electron chi connectivity index (χ4n) is 3.42. The summed E-state index contributed by atoms with van der Waals surface area (Å²) in [6.07, 6.45) is 2.84. The Hall–Kier alpha value is -3.24. The van der Waals surface area contributed by atoms with E-state index in [4.69, 9.17) is 4.74 Å². The van der Waals surface area contributed by atoms with Crippen LogP contribution in [-0.2, 0) is 10.0 Å². The van der Waals surface area contributed by atoms with Crippen molar-refractivity contribution in [1.29, 1.82) is 0 Å². The van der Waals surface area contributed by atoms with Crippen molar-refractivity contribution >= 4 is 27.5 Å². The molecule has 0 aliphatic carbocycles. The van der Waals surface area contributed by atoms with E-state index in [2.05, 4.69) is 25.3 Å². The van der Waals surface area contributed by atoms with Gasteiger partial charge in [0.1, 0.15) is 5.82 Å². The number of nitrogens with one attached hydrogen (secondary N) is 3. The third kappa shape index (κ3) is 5.58. The molecule has 3 aromatic rings. The molecule has 4 bridgehead atoms. The Balaban J connectivity index is 1.70. The highest BCUT2D eigenvalue weighted by molar-refractivity contribution is 7.89. The Morgan fingerprint density at radius 3 is 2.70 bits per heavy atom. The van der Waals surface area contributed by atoms with E-state index in [0.29, 0.717) is 54.5 Å². The van der Waals surface area contributed by atoms with Crippen molar-refractivity contribution < 1.29 is 17.5 Å². The van der Waals surface area contributed by atoms with Crippen LogP contribution >= 0.6 is 0 Å². The number of anilines is 3. The van der Waals surface area contributed by atoms with Crippen LogP contribution in [0.2, 0.25) is 0 Å². The number of fused-ring (bicyclic) bond motifs is 4. The molecule has 0 atom stereocenters. The molecule has 1 aliphatic rings. The van der Waals surface area contributed by atoms with Gasteiger partial charge in [0.15, 0.2) is 11.6 Å². The molecular formula is C23H26FN5O3S. The summed E-state index contributed by atoms with van der Waals surface area (Å²) < 4.78 is 47.7. The average molecular weight is 472 g/mol. The van der Waals surface area contributed by atoms with E-state index < -0.39 is 15.8 Å². The molecular weight excluding hydrogens is 445 g/mol. The molecule has 8 nitrogen and oxygen atoms in total. The van der Waals surface area contributed by atoms with Gasteiger partial charge in [-0.05, 0) is 62.6 Å². The zero-order valence-corrected chi connectivity index (χ0v) is 19.2. The smallest absolute Gasteiger partial charge is 0.240 e. The summed E-state index contributed by atoms with van der Waals surface area (Å²) in [5.74, 6) is 0.583. The quantitative estimate of drug-likeness (QED) is 0.523. The van der Waals surface area contributed by atoms with Gasteiger partial charge in [-0.1, -0.05) is 12.1 Å². The van der Waals surface area contributed by atoms with E-state index >= 15 is 0 Å². The SMILES string of the molecule is CC(C)Oc1ccc(-c2cnc3nc2NCCCCNS(=O)(=O)c2cccc(c2)N3)cc1F. The maximum absolute atomic E-state index is 14.6. The Kier molecular flexibility index (Phi) is 6.75. The summed E-state index contributed by atoms with van der Waals surface area (Å²) in [7, 11) is -3.60. The van der Waals surface area contributed by atoms with Gasteiger partial charge in [-0.25, -0.2) is 22.5 Å². The van der Waals surface area contributed by atoms with Crippen molar-refractivity contribution in [1.82, 2.24) is 14.7 Å². The summed E-state index contributed by atoms with van der Waals surface area (Å²) in [5.41, 5.74) is 1.81. The molecule has 174 valence electrons. The van der Waals surface area contributed by atoms with E-state index in [1.807, 2.05) is 13.8 Å². The standard InChI is InChI=1S/C23H26FN5O3S/c1-15(2)32-21-9-8-16(12-20(21)24)19-14-26-23-28-17-6-5-7-18(13-17)33(30,31)27-11-4-3-10-25-22(19)29-23/h5-9,12-15,27H,3-4,10-11H2,1-2H3,(H2,25,26,28,29). The number of ether oxygens (including phenoxy) is 1. The highest BCUT2D eigenvalue weighted by Crippen LogP contribution is 2.31. The van der Waals surface area contributed by atoms with Gasteiger partial charge in [0.25, 0.3) is 0 Å². The van der Waals surface area contributed by atoms with E-state index in [9.17, 15) is 12.8 Å². The molecule has 4 rings (SSSR count). The number of sulfonamides is 1. The third-order valence-corrected chi connectivity index (χ3v) is 6.44. The fraction of sp³-hybridized carbons (Fsp3) is 0.304. The molecule has 0 fully saturated rings. The van der Waals surface area contributed by atoms with Crippen molar-refractivity contribution in [2.45, 2.75) is 37.7 Å². The zero-order valence-electron chi connectivity index (χ0n) is 18.4. The number of aromatic nitrogens is 2. The van der Waals surface area contributed by atoms with E-state index in [0.717, 1.165) is 0 Å². The molecule has 0 amide bonds. The maximum Gasteiger partial charge on any atom is 0.240 e. The first-order valence-electron chi connectivity index (χ1n) is 10.8. The van der Waals surface area contributed by atoms with Crippen molar-refractivity contribution in [3.05, 3.63) is 54.5 Å². The first-order chi connectivity index (χ1) is 15.8. The lowest BCUT2D eigenvalue weighted by Gasteiger charge is -2.16. The summed E-state index contributed by atoms with van der Waals surface area (Å²) >= 11 is 0. The van der Waals surface area contributed by atoms with Gasteiger partial charge < -0.3 is 15.4 Å². The molecule has 2 aromatic carbocycles. The van der Waals surface area contributed by atoms with Gasteiger partial charge in [0, 0.05) is 30.5 Å². The highest BCUT2D eigenvalue weighted by atomic mass is 32.2. The number of benzene rings is 2. The third-order valence-electron chi connectivity index (χ3n) is 4.98. The summed E-state index contributed by atoms with van der Waals surface area (Å²) in [4.78, 5) is 9.10. The van der Waals surface area contributed by atoms with Crippen LogP contribution in [0, 0.1) is 5.82 Å². The van der Waals surface area contributed by atoms with Crippen LogP contribution < -0.4 is 20.1 Å². The Morgan fingerprint density at radius 1 is 1.09 bits per heavy atom. The van der Waals surface area contributed by atoms with Crippen LogP contribution in [-0.4, -0.2) is 37.6 Å². The molecule has 10 heteroatoms. The van der Waals surface area contributed by atoms with Gasteiger partial charge >= 0.3 is 0 Å². The molecule has 2 heterocycles. The van der Waals surface area contributed by atoms with Gasteiger partial charge in [0.2, 0.25) is 16.0 Å². The molecule has 0 saturated heterocycles. The first kappa shape index (κ1) is 22.9. The molecule has 0 saturated carbocycles. The highest BCUT2D eigenvalue weighted by Gasteiger charge is 2.16. The normalized spacial score (nSPS) is 15.8. The van der Waals surface area contributed by atoms with Crippen molar-refractivity contribution in [3.8, 4) is 16.9 Å². The fourth-order valence-corrected chi connectivity index (χ4v) is 4.54. The van der Waals surface area contributed by atoms with Crippen LogP contribution in [0.5, 0.6) is 5.75 Å². The van der Waals surface area contributed by atoms with Gasteiger partial charge in [-0.15, -0.1) is 0 Å². The van der Waals surface area contributed by atoms with Crippen LogP contribution in [0.3, 0.4) is 0 Å². The predicted octanol–water partition coefficient (Wildman–Crippen LogP) is 4.30. The molecule has 1 aliphatic heterocycles. The summed E-state index contributed by atoms with van der Waals surface area (Å²) in [6.45, 7) is 4.57. The molecule has 33 heavy (non-hydrogen) atoms. The van der Waals surface area contributed by atoms with Crippen LogP contribution in [0.4, 0.5) is 21.8 Å². The van der Waals surface area contributed by atoms with Crippen molar-refractivity contribution in [3.63, 3.8) is 0 Å². The lowest BCUT2D eigenvalue weighted by Crippen LogP contribution is -2.25. The van der Waals surface area contributed by atoms with Crippen molar-refractivity contribution in [2.24, 2.45) is 0 Å². The number of rotatable bonds is 3.